The predicted octanol–water partition coefficient (Wildman–Crippen LogP) is 3.92. The number of hydrogen-bond acceptors (Lipinski definition) is 5. The van der Waals surface area contributed by atoms with E-state index in [2.05, 4.69) is 6.92 Å². The van der Waals surface area contributed by atoms with Crippen molar-refractivity contribution in [2.24, 2.45) is 0 Å². The van der Waals surface area contributed by atoms with Crippen molar-refractivity contribution in [2.45, 2.75) is 65.8 Å². The number of esters is 1. The minimum absolute atomic E-state index is 0.00413. The van der Waals surface area contributed by atoms with Crippen LogP contribution < -0.4 is 11.0 Å². The van der Waals surface area contributed by atoms with Crippen molar-refractivity contribution in [1.29, 1.82) is 0 Å². The van der Waals surface area contributed by atoms with Gasteiger partial charge in [0.2, 0.25) is 0 Å². The van der Waals surface area contributed by atoms with Gasteiger partial charge in [-0.2, -0.15) is 0 Å². The summed E-state index contributed by atoms with van der Waals surface area (Å²) in [6.45, 7) is 11.4. The molecule has 0 aliphatic carbocycles. The molecule has 4 rings (SSSR count). The lowest BCUT2D eigenvalue weighted by molar-refractivity contribution is -0.142. The van der Waals surface area contributed by atoms with Gasteiger partial charge in [-0.05, 0) is 68.7 Å². The van der Waals surface area contributed by atoms with Crippen LogP contribution in [0.25, 0.3) is 16.5 Å². The zero-order valence-corrected chi connectivity index (χ0v) is 20.1. The summed E-state index contributed by atoms with van der Waals surface area (Å²) < 4.78 is 19.5. The lowest BCUT2D eigenvalue weighted by atomic mass is 9.75. The van der Waals surface area contributed by atoms with Gasteiger partial charge in [0.05, 0.1) is 16.9 Å². The van der Waals surface area contributed by atoms with Crippen LogP contribution in [0.15, 0.2) is 53.5 Å². The molecular weight excluding hydrogens is 417 g/mol. The number of fused-ring (bicyclic) bond motifs is 1. The fraction of sp³-hybridized carbons (Fsp3) is 0.385. The Kier molecular flexibility index (Phi) is 5.97. The third kappa shape index (κ3) is 4.23. The number of rotatable bonds is 5. The van der Waals surface area contributed by atoms with Crippen LogP contribution in [0.4, 0.5) is 0 Å². The van der Waals surface area contributed by atoms with Gasteiger partial charge in [-0.15, -0.1) is 0 Å². The molecule has 7 heteroatoms. The zero-order chi connectivity index (χ0) is 24.0. The zero-order valence-electron chi connectivity index (χ0n) is 20.1. The highest BCUT2D eigenvalue weighted by molar-refractivity contribution is 6.62. The average Bonchev–Trinajstić information content (AvgIpc) is 2.98. The molecule has 0 N–H and O–H groups in total. The van der Waals surface area contributed by atoms with E-state index in [1.807, 2.05) is 70.2 Å². The van der Waals surface area contributed by atoms with E-state index in [1.165, 1.54) is 12.5 Å². The number of carbonyl (C=O) groups is 1. The Hall–Kier alpha value is -2.90. The summed E-state index contributed by atoms with van der Waals surface area (Å²) in [5.74, 6) is -0.400. The minimum Gasteiger partial charge on any atom is -0.461 e. The van der Waals surface area contributed by atoms with Gasteiger partial charge in [-0.25, -0.2) is 0 Å². The van der Waals surface area contributed by atoms with Crippen LogP contribution in [0.2, 0.25) is 0 Å². The molecular formula is C26H30BNO5. The van der Waals surface area contributed by atoms with Crippen LogP contribution in [0.5, 0.6) is 0 Å². The quantitative estimate of drug-likeness (QED) is 0.438. The highest BCUT2D eigenvalue weighted by Crippen LogP contribution is 2.37. The molecule has 2 aromatic carbocycles. The van der Waals surface area contributed by atoms with Crippen molar-refractivity contribution in [3.63, 3.8) is 0 Å². The third-order valence-corrected chi connectivity index (χ3v) is 6.75. The van der Waals surface area contributed by atoms with Crippen molar-refractivity contribution in [2.75, 3.05) is 0 Å². The largest absolute Gasteiger partial charge is 0.495 e. The Morgan fingerprint density at radius 2 is 1.76 bits per heavy atom. The molecule has 0 radical (unpaired) electrons. The van der Waals surface area contributed by atoms with Gasteiger partial charge in [-0.1, -0.05) is 31.2 Å². The second kappa shape index (κ2) is 8.47. The Morgan fingerprint density at radius 1 is 1.06 bits per heavy atom. The summed E-state index contributed by atoms with van der Waals surface area (Å²) in [6.07, 6.45) is 2.67. The van der Waals surface area contributed by atoms with E-state index in [0.717, 1.165) is 17.3 Å². The van der Waals surface area contributed by atoms with E-state index in [-0.39, 0.29) is 12.2 Å². The minimum atomic E-state index is -0.649. The average molecular weight is 447 g/mol. The van der Waals surface area contributed by atoms with E-state index in [9.17, 15) is 9.59 Å². The van der Waals surface area contributed by atoms with Crippen molar-refractivity contribution >= 4 is 29.3 Å². The molecule has 1 aliphatic rings. The summed E-state index contributed by atoms with van der Waals surface area (Å²) in [6, 6.07) is 13.4. The highest BCUT2D eigenvalue weighted by Gasteiger charge is 2.52. The summed E-state index contributed by atoms with van der Waals surface area (Å²) in [7, 11) is -0.649. The lowest BCUT2D eigenvalue weighted by Gasteiger charge is -2.32. The predicted molar refractivity (Wildman–Crippen MR) is 130 cm³/mol. The summed E-state index contributed by atoms with van der Waals surface area (Å²) in [4.78, 5) is 25.1. The van der Waals surface area contributed by atoms with E-state index in [0.29, 0.717) is 16.6 Å². The summed E-state index contributed by atoms with van der Waals surface area (Å²) in [5, 5.41) is 1.54. The van der Waals surface area contributed by atoms with Crippen molar-refractivity contribution in [1.82, 2.24) is 4.57 Å². The first-order chi connectivity index (χ1) is 15.5. The molecule has 0 atom stereocenters. The second-order valence-electron chi connectivity index (χ2n) is 9.48. The Balaban J connectivity index is 1.87. The van der Waals surface area contributed by atoms with Gasteiger partial charge in [0.25, 0.3) is 5.56 Å². The van der Waals surface area contributed by atoms with Gasteiger partial charge in [0.1, 0.15) is 6.61 Å². The second-order valence-corrected chi connectivity index (χ2v) is 9.48. The van der Waals surface area contributed by atoms with Crippen molar-refractivity contribution in [3.05, 3.63) is 70.1 Å². The Bertz CT molecular complexity index is 1260. The molecule has 0 spiro atoms. The van der Waals surface area contributed by atoms with Crippen molar-refractivity contribution in [3.8, 4) is 5.69 Å². The molecule has 172 valence electrons. The van der Waals surface area contributed by atoms with Crippen LogP contribution in [0, 0.1) is 0 Å². The third-order valence-electron chi connectivity index (χ3n) is 6.75. The molecule has 1 saturated heterocycles. The van der Waals surface area contributed by atoms with E-state index in [4.69, 9.17) is 14.0 Å². The van der Waals surface area contributed by atoms with Gasteiger partial charge >= 0.3 is 13.1 Å². The number of aryl methyl sites for hydroxylation is 1. The summed E-state index contributed by atoms with van der Waals surface area (Å²) >= 11 is 0. The fourth-order valence-electron chi connectivity index (χ4n) is 4.05. The first kappa shape index (κ1) is 23.3. The molecule has 1 aromatic heterocycles. The molecule has 33 heavy (non-hydrogen) atoms. The number of nitrogens with zero attached hydrogens (tertiary/aromatic N) is 1. The number of pyridine rings is 1. The standard InChI is InChI=1S/C26H30BNO5/c1-7-18-11-12-20-19(15-18)13-14-28(24(20)30)23-10-8-9-22(21(23)16-31-17(2)29)27-32-25(3,4)26(5,6)33-27/h8-15H,7,16H2,1-6H3. The topological polar surface area (TPSA) is 66.8 Å². The first-order valence-electron chi connectivity index (χ1n) is 11.3. The number of aromatic nitrogens is 1. The Labute approximate surface area is 194 Å². The fourth-order valence-corrected chi connectivity index (χ4v) is 4.05. The molecule has 0 unspecified atom stereocenters. The van der Waals surface area contributed by atoms with Crippen LogP contribution in [-0.4, -0.2) is 28.9 Å². The SMILES string of the molecule is CCc1ccc2c(=O)n(-c3cccc(B4OC(C)(C)C(C)(C)O4)c3COC(C)=O)ccc2c1. The smallest absolute Gasteiger partial charge is 0.461 e. The lowest BCUT2D eigenvalue weighted by Crippen LogP contribution is -2.41. The summed E-state index contributed by atoms with van der Waals surface area (Å²) in [5.41, 5.74) is 2.04. The van der Waals surface area contributed by atoms with Crippen LogP contribution in [0.3, 0.4) is 0 Å². The number of hydrogen-bond donors (Lipinski definition) is 0. The molecule has 0 bridgehead atoms. The Morgan fingerprint density at radius 3 is 2.39 bits per heavy atom. The molecule has 1 aliphatic heterocycles. The van der Waals surface area contributed by atoms with E-state index >= 15 is 0 Å². The van der Waals surface area contributed by atoms with Gasteiger partial charge < -0.3 is 14.0 Å². The van der Waals surface area contributed by atoms with Crippen LogP contribution >= 0.6 is 0 Å². The number of carbonyl (C=O) groups excluding carboxylic acids is 1. The monoisotopic (exact) mass is 447 g/mol. The maximum absolute atomic E-state index is 13.5. The van der Waals surface area contributed by atoms with Gasteiger partial charge in [0, 0.05) is 24.1 Å². The number of ether oxygens (including phenoxy) is 1. The molecule has 6 nitrogen and oxygen atoms in total. The highest BCUT2D eigenvalue weighted by atomic mass is 16.7. The first-order valence-corrected chi connectivity index (χ1v) is 11.3. The molecule has 1 fully saturated rings. The van der Waals surface area contributed by atoms with Crippen LogP contribution in [0.1, 0.15) is 52.7 Å². The molecule has 2 heterocycles. The number of benzene rings is 2. The maximum Gasteiger partial charge on any atom is 0.495 e. The van der Waals surface area contributed by atoms with Gasteiger partial charge in [0.15, 0.2) is 0 Å². The van der Waals surface area contributed by atoms with Gasteiger partial charge in [-0.3, -0.25) is 14.2 Å². The molecule has 3 aromatic rings. The van der Waals surface area contributed by atoms with Crippen LogP contribution in [-0.2, 0) is 31.9 Å². The molecule has 0 amide bonds. The maximum atomic E-state index is 13.5. The molecule has 0 saturated carbocycles. The van der Waals surface area contributed by atoms with E-state index in [1.54, 1.807) is 10.8 Å². The normalized spacial score (nSPS) is 16.8. The van der Waals surface area contributed by atoms with Crippen molar-refractivity contribution < 1.29 is 18.8 Å². The van der Waals surface area contributed by atoms with E-state index < -0.39 is 24.3 Å².